The number of hydrogen-bond acceptors (Lipinski definition) is 3. The highest BCUT2D eigenvalue weighted by molar-refractivity contribution is 9.08. The molecule has 1 heterocycles. The van der Waals surface area contributed by atoms with Crippen molar-refractivity contribution >= 4 is 39.1 Å². The first-order chi connectivity index (χ1) is 7.70. The Labute approximate surface area is 99.7 Å². The second kappa shape index (κ2) is 4.49. The third-order valence-electron chi connectivity index (χ3n) is 2.03. The van der Waals surface area contributed by atoms with Gasteiger partial charge in [0, 0.05) is 17.5 Å². The maximum atomic E-state index is 10.3. The molecule has 2 aromatic rings. The minimum atomic E-state index is -1.03. The molecular formula is C11H8BrNO3. The molecule has 4 nitrogen and oxygen atoms in total. The number of para-hydroxylation sites is 1. The van der Waals surface area contributed by atoms with Crippen molar-refractivity contribution in [2.24, 2.45) is 0 Å². The van der Waals surface area contributed by atoms with Gasteiger partial charge in [-0.05, 0) is 11.6 Å². The molecule has 1 N–H and O–H groups in total. The zero-order chi connectivity index (χ0) is 11.5. The number of halogens is 1. The molecule has 82 valence electrons. The molecule has 0 saturated carbocycles. The minimum absolute atomic E-state index is 0.297. The number of carboxylic acids is 1. The van der Waals surface area contributed by atoms with Crippen LogP contribution in [0.15, 0.2) is 28.7 Å². The van der Waals surface area contributed by atoms with Crippen LogP contribution in [0.3, 0.4) is 0 Å². The zero-order valence-corrected chi connectivity index (χ0v) is 9.77. The van der Waals surface area contributed by atoms with Crippen molar-refractivity contribution < 1.29 is 14.3 Å². The number of fused-ring (bicyclic) bond motifs is 1. The summed E-state index contributed by atoms with van der Waals surface area (Å²) in [4.78, 5) is 14.6. The van der Waals surface area contributed by atoms with E-state index in [1.165, 1.54) is 6.08 Å². The summed E-state index contributed by atoms with van der Waals surface area (Å²) in [5.74, 6) is -0.728. The fourth-order valence-corrected chi connectivity index (χ4v) is 1.80. The van der Waals surface area contributed by atoms with E-state index in [9.17, 15) is 4.79 Å². The Kier molecular flexibility index (Phi) is 3.05. The Hall–Kier alpha value is -1.62. The third-order valence-corrected chi connectivity index (χ3v) is 2.64. The van der Waals surface area contributed by atoms with E-state index in [2.05, 4.69) is 20.9 Å². The summed E-state index contributed by atoms with van der Waals surface area (Å²) in [6.45, 7) is 0. The van der Waals surface area contributed by atoms with Crippen LogP contribution in [0.25, 0.3) is 17.2 Å². The number of oxazole rings is 1. The van der Waals surface area contributed by atoms with Gasteiger partial charge in [0.25, 0.3) is 0 Å². The number of alkyl halides is 1. The van der Waals surface area contributed by atoms with Crippen molar-refractivity contribution in [3.8, 4) is 0 Å². The largest absolute Gasteiger partial charge is 0.478 e. The van der Waals surface area contributed by atoms with Crippen molar-refractivity contribution in [2.75, 3.05) is 0 Å². The number of carbonyl (C=O) groups is 1. The molecule has 5 heteroatoms. The predicted molar refractivity (Wildman–Crippen MR) is 63.3 cm³/mol. The van der Waals surface area contributed by atoms with Crippen molar-refractivity contribution in [2.45, 2.75) is 5.33 Å². The maximum absolute atomic E-state index is 10.3. The van der Waals surface area contributed by atoms with Crippen LogP contribution < -0.4 is 0 Å². The van der Waals surface area contributed by atoms with Crippen LogP contribution in [0, 0.1) is 0 Å². The topological polar surface area (TPSA) is 63.3 Å². The van der Waals surface area contributed by atoms with Crippen LogP contribution in [-0.2, 0) is 10.1 Å². The molecule has 0 aliphatic carbocycles. The van der Waals surface area contributed by atoms with E-state index < -0.39 is 5.97 Å². The Morgan fingerprint density at radius 2 is 2.38 bits per heavy atom. The lowest BCUT2D eigenvalue weighted by atomic mass is 10.2. The highest BCUT2D eigenvalue weighted by Crippen LogP contribution is 2.21. The number of nitrogens with zero attached hydrogens (tertiary/aromatic N) is 1. The highest BCUT2D eigenvalue weighted by atomic mass is 79.9. The zero-order valence-electron chi connectivity index (χ0n) is 8.18. The van der Waals surface area contributed by atoms with E-state index in [1.807, 2.05) is 12.1 Å². The molecule has 0 spiro atoms. The Balaban J connectivity index is 2.47. The fourth-order valence-electron chi connectivity index (χ4n) is 1.34. The van der Waals surface area contributed by atoms with Crippen molar-refractivity contribution in [3.63, 3.8) is 0 Å². The molecule has 0 saturated heterocycles. The molecule has 0 radical (unpaired) electrons. The molecule has 0 unspecified atom stereocenters. The average molecular weight is 282 g/mol. The van der Waals surface area contributed by atoms with Gasteiger partial charge in [-0.15, -0.1) is 0 Å². The Morgan fingerprint density at radius 1 is 1.56 bits per heavy atom. The van der Waals surface area contributed by atoms with Gasteiger partial charge in [0.2, 0.25) is 5.89 Å². The molecule has 0 aliphatic heterocycles. The standard InChI is InChI=1S/C11H8BrNO3/c12-6-7-2-1-3-8-11(7)13-9(16-8)4-5-10(14)15/h1-5H,6H2,(H,14,15)/b5-4+. The van der Waals surface area contributed by atoms with Gasteiger partial charge in [-0.25, -0.2) is 9.78 Å². The van der Waals surface area contributed by atoms with Crippen LogP contribution >= 0.6 is 15.9 Å². The monoisotopic (exact) mass is 281 g/mol. The van der Waals surface area contributed by atoms with Gasteiger partial charge in [-0.3, -0.25) is 0 Å². The fraction of sp³-hybridized carbons (Fsp3) is 0.0909. The molecule has 0 aliphatic rings. The van der Waals surface area contributed by atoms with Gasteiger partial charge >= 0.3 is 5.97 Å². The SMILES string of the molecule is O=C(O)/C=C/c1nc2c(CBr)cccc2o1. The molecular weight excluding hydrogens is 274 g/mol. The molecule has 1 aromatic heterocycles. The lowest BCUT2D eigenvalue weighted by Crippen LogP contribution is -1.85. The molecule has 1 aromatic carbocycles. The summed E-state index contributed by atoms with van der Waals surface area (Å²) in [5, 5.41) is 9.17. The second-order valence-corrected chi connectivity index (χ2v) is 3.68. The van der Waals surface area contributed by atoms with E-state index in [1.54, 1.807) is 6.07 Å². The van der Waals surface area contributed by atoms with E-state index in [-0.39, 0.29) is 0 Å². The van der Waals surface area contributed by atoms with Gasteiger partial charge < -0.3 is 9.52 Å². The van der Waals surface area contributed by atoms with Crippen LogP contribution in [0.5, 0.6) is 0 Å². The van der Waals surface area contributed by atoms with E-state index >= 15 is 0 Å². The summed E-state index contributed by atoms with van der Waals surface area (Å²) in [6, 6.07) is 5.60. The number of aliphatic carboxylic acids is 1. The lowest BCUT2D eigenvalue weighted by Gasteiger charge is -1.92. The molecule has 2 rings (SSSR count). The number of rotatable bonds is 3. The van der Waals surface area contributed by atoms with E-state index in [0.29, 0.717) is 16.8 Å². The van der Waals surface area contributed by atoms with Gasteiger partial charge in [-0.1, -0.05) is 28.1 Å². The van der Waals surface area contributed by atoms with Gasteiger partial charge in [0.1, 0.15) is 5.52 Å². The molecule has 16 heavy (non-hydrogen) atoms. The third kappa shape index (κ3) is 2.14. The lowest BCUT2D eigenvalue weighted by molar-refractivity contribution is -0.131. The van der Waals surface area contributed by atoms with Crippen LogP contribution in [0.1, 0.15) is 11.5 Å². The van der Waals surface area contributed by atoms with Crippen molar-refractivity contribution in [1.82, 2.24) is 4.98 Å². The van der Waals surface area contributed by atoms with Crippen LogP contribution in [0.2, 0.25) is 0 Å². The normalized spacial score (nSPS) is 11.3. The smallest absolute Gasteiger partial charge is 0.328 e. The van der Waals surface area contributed by atoms with Crippen LogP contribution in [-0.4, -0.2) is 16.1 Å². The Bertz CT molecular complexity index is 559. The number of aromatic nitrogens is 1. The van der Waals surface area contributed by atoms with Crippen molar-refractivity contribution in [1.29, 1.82) is 0 Å². The van der Waals surface area contributed by atoms with Gasteiger partial charge in [0.05, 0.1) is 0 Å². The van der Waals surface area contributed by atoms with Crippen LogP contribution in [0.4, 0.5) is 0 Å². The average Bonchev–Trinajstić information content (AvgIpc) is 2.68. The van der Waals surface area contributed by atoms with E-state index in [4.69, 9.17) is 9.52 Å². The summed E-state index contributed by atoms with van der Waals surface area (Å²) in [5.41, 5.74) is 2.42. The quantitative estimate of drug-likeness (QED) is 0.694. The summed E-state index contributed by atoms with van der Waals surface area (Å²) in [7, 11) is 0. The predicted octanol–water partition coefficient (Wildman–Crippen LogP) is 2.82. The molecule has 0 atom stereocenters. The summed E-state index contributed by atoms with van der Waals surface area (Å²) >= 11 is 3.36. The highest BCUT2D eigenvalue weighted by Gasteiger charge is 2.06. The van der Waals surface area contributed by atoms with E-state index in [0.717, 1.165) is 17.2 Å². The first-order valence-corrected chi connectivity index (χ1v) is 5.68. The van der Waals surface area contributed by atoms with Gasteiger partial charge in [0.15, 0.2) is 5.58 Å². The molecule has 0 bridgehead atoms. The number of benzene rings is 1. The number of carboxylic acid groups (broad SMARTS) is 1. The number of hydrogen-bond donors (Lipinski definition) is 1. The molecule has 0 fully saturated rings. The van der Waals surface area contributed by atoms with Gasteiger partial charge in [-0.2, -0.15) is 0 Å². The summed E-state index contributed by atoms with van der Waals surface area (Å²) < 4.78 is 5.38. The Morgan fingerprint density at radius 3 is 3.06 bits per heavy atom. The summed E-state index contributed by atoms with van der Waals surface area (Å²) in [6.07, 6.45) is 2.33. The first kappa shape index (κ1) is 10.9. The maximum Gasteiger partial charge on any atom is 0.328 e. The first-order valence-electron chi connectivity index (χ1n) is 4.56. The van der Waals surface area contributed by atoms with Crippen molar-refractivity contribution in [3.05, 3.63) is 35.7 Å². The minimum Gasteiger partial charge on any atom is -0.478 e. The second-order valence-electron chi connectivity index (χ2n) is 3.12. The molecule has 0 amide bonds.